The summed E-state index contributed by atoms with van der Waals surface area (Å²) < 4.78 is 12.5. The summed E-state index contributed by atoms with van der Waals surface area (Å²) in [5, 5.41) is 11.9. The van der Waals surface area contributed by atoms with Gasteiger partial charge in [-0.3, -0.25) is 9.59 Å². The standard InChI is InChI=1S/C24H29N5O5S2/c1-13-8-9-16(10-14(13)2)34-11-17-26-27-24(29(17)6)35-12-18(30)25-21-19(23(32)33-7)15(3)20(36-21)22(31)28(4)5/h8-10H,11-12H2,1-7H3,(H,25,30). The third-order valence-corrected chi connectivity index (χ3v) is 7.71. The molecule has 2 amide bonds. The first-order valence-corrected chi connectivity index (χ1v) is 12.8. The van der Waals surface area contributed by atoms with Gasteiger partial charge in [-0.05, 0) is 49.6 Å². The van der Waals surface area contributed by atoms with Crippen LogP contribution in [0.5, 0.6) is 5.75 Å². The largest absolute Gasteiger partial charge is 0.486 e. The van der Waals surface area contributed by atoms with Crippen LogP contribution in [0.1, 0.15) is 42.5 Å². The fourth-order valence-electron chi connectivity index (χ4n) is 3.20. The van der Waals surface area contributed by atoms with Gasteiger partial charge in [0.25, 0.3) is 5.91 Å². The summed E-state index contributed by atoms with van der Waals surface area (Å²) in [6, 6.07) is 5.88. The number of aromatic nitrogens is 3. The number of benzene rings is 1. The highest BCUT2D eigenvalue weighted by molar-refractivity contribution is 7.99. The molecule has 0 aliphatic carbocycles. The molecule has 0 saturated heterocycles. The summed E-state index contributed by atoms with van der Waals surface area (Å²) in [7, 11) is 6.30. The zero-order valence-corrected chi connectivity index (χ0v) is 22.9. The Hall–Kier alpha value is -3.38. The summed E-state index contributed by atoms with van der Waals surface area (Å²) in [5.41, 5.74) is 2.97. The molecule has 0 bridgehead atoms. The fourth-order valence-corrected chi connectivity index (χ4v) is 5.16. The zero-order valence-electron chi connectivity index (χ0n) is 21.3. The third kappa shape index (κ3) is 6.05. The van der Waals surface area contributed by atoms with Gasteiger partial charge in [-0.15, -0.1) is 21.5 Å². The number of amides is 2. The number of esters is 1. The van der Waals surface area contributed by atoms with E-state index in [4.69, 9.17) is 9.47 Å². The van der Waals surface area contributed by atoms with Crippen LogP contribution >= 0.6 is 23.1 Å². The van der Waals surface area contributed by atoms with E-state index >= 15 is 0 Å². The molecule has 0 aliphatic heterocycles. The fraction of sp³-hybridized carbons (Fsp3) is 0.375. The summed E-state index contributed by atoms with van der Waals surface area (Å²) in [6.45, 7) is 5.96. The Morgan fingerprint density at radius 3 is 2.50 bits per heavy atom. The van der Waals surface area contributed by atoms with Crippen LogP contribution in [0.4, 0.5) is 5.00 Å². The van der Waals surface area contributed by atoms with Gasteiger partial charge in [-0.2, -0.15) is 0 Å². The number of nitrogens with zero attached hydrogens (tertiary/aromatic N) is 4. The average molecular weight is 532 g/mol. The van der Waals surface area contributed by atoms with Crippen molar-refractivity contribution in [3.05, 3.63) is 51.2 Å². The van der Waals surface area contributed by atoms with Crippen molar-refractivity contribution in [3.8, 4) is 5.75 Å². The van der Waals surface area contributed by atoms with Gasteiger partial charge in [0.15, 0.2) is 11.0 Å². The van der Waals surface area contributed by atoms with Crippen LogP contribution in [-0.2, 0) is 23.2 Å². The van der Waals surface area contributed by atoms with E-state index in [2.05, 4.69) is 15.5 Å². The Morgan fingerprint density at radius 2 is 1.86 bits per heavy atom. The molecule has 0 spiro atoms. The van der Waals surface area contributed by atoms with Crippen molar-refractivity contribution in [2.45, 2.75) is 32.5 Å². The molecule has 3 rings (SSSR count). The van der Waals surface area contributed by atoms with Crippen LogP contribution in [0.3, 0.4) is 0 Å². The maximum absolute atomic E-state index is 12.7. The summed E-state index contributed by atoms with van der Waals surface area (Å²) in [6.07, 6.45) is 0. The molecule has 36 heavy (non-hydrogen) atoms. The molecule has 0 radical (unpaired) electrons. The predicted octanol–water partition coefficient (Wildman–Crippen LogP) is 3.60. The predicted molar refractivity (Wildman–Crippen MR) is 139 cm³/mol. The molecule has 0 atom stereocenters. The van der Waals surface area contributed by atoms with E-state index < -0.39 is 5.97 Å². The van der Waals surface area contributed by atoms with E-state index in [0.29, 0.717) is 21.4 Å². The molecule has 3 aromatic rings. The lowest BCUT2D eigenvalue weighted by atomic mass is 10.1. The number of ether oxygens (including phenoxy) is 2. The van der Waals surface area contributed by atoms with Gasteiger partial charge in [-0.25, -0.2) is 4.79 Å². The Morgan fingerprint density at radius 1 is 1.14 bits per heavy atom. The van der Waals surface area contributed by atoms with Crippen LogP contribution < -0.4 is 10.1 Å². The maximum Gasteiger partial charge on any atom is 0.341 e. The number of anilines is 1. The SMILES string of the molecule is COC(=O)c1c(NC(=O)CSc2nnc(COc3ccc(C)c(C)c3)n2C)sc(C(=O)N(C)C)c1C. The molecule has 0 aliphatic rings. The Kier molecular flexibility index (Phi) is 8.75. The zero-order chi connectivity index (χ0) is 26.6. The molecule has 192 valence electrons. The minimum Gasteiger partial charge on any atom is -0.486 e. The second-order valence-electron chi connectivity index (χ2n) is 8.28. The Bertz CT molecular complexity index is 1300. The maximum atomic E-state index is 12.7. The van der Waals surface area contributed by atoms with Crippen molar-refractivity contribution in [2.75, 3.05) is 32.3 Å². The van der Waals surface area contributed by atoms with Crippen molar-refractivity contribution in [3.63, 3.8) is 0 Å². The molecule has 2 aromatic heterocycles. The molecule has 2 heterocycles. The van der Waals surface area contributed by atoms with Gasteiger partial charge in [0.05, 0.1) is 23.3 Å². The number of rotatable bonds is 9. The molecule has 0 unspecified atom stereocenters. The minimum absolute atomic E-state index is 0.0263. The monoisotopic (exact) mass is 531 g/mol. The highest BCUT2D eigenvalue weighted by Gasteiger charge is 2.27. The lowest BCUT2D eigenvalue weighted by Crippen LogP contribution is -2.21. The lowest BCUT2D eigenvalue weighted by molar-refractivity contribution is -0.113. The average Bonchev–Trinajstić information content (AvgIpc) is 3.36. The van der Waals surface area contributed by atoms with Gasteiger partial charge < -0.3 is 24.3 Å². The number of hydrogen-bond acceptors (Lipinski definition) is 9. The quantitative estimate of drug-likeness (QED) is 0.329. The molecule has 12 heteroatoms. The third-order valence-electron chi connectivity index (χ3n) is 5.49. The lowest BCUT2D eigenvalue weighted by Gasteiger charge is -2.08. The summed E-state index contributed by atoms with van der Waals surface area (Å²) >= 11 is 2.25. The van der Waals surface area contributed by atoms with Gasteiger partial charge in [-0.1, -0.05) is 17.8 Å². The van der Waals surface area contributed by atoms with E-state index in [-0.39, 0.29) is 34.7 Å². The number of methoxy groups -OCH3 is 1. The molecule has 1 aromatic carbocycles. The van der Waals surface area contributed by atoms with Crippen molar-refractivity contribution in [1.29, 1.82) is 0 Å². The number of aryl methyl sites for hydroxylation is 2. The van der Waals surface area contributed by atoms with Crippen molar-refractivity contribution in [2.24, 2.45) is 7.05 Å². The minimum atomic E-state index is -0.619. The van der Waals surface area contributed by atoms with Crippen molar-refractivity contribution < 1.29 is 23.9 Å². The van der Waals surface area contributed by atoms with Crippen molar-refractivity contribution >= 4 is 45.9 Å². The first-order valence-electron chi connectivity index (χ1n) is 11.0. The molecular formula is C24H29N5O5S2. The number of thiophene rings is 1. The second-order valence-corrected chi connectivity index (χ2v) is 10.2. The number of carbonyl (C=O) groups excluding carboxylic acids is 3. The van der Waals surface area contributed by atoms with Crippen LogP contribution in [-0.4, -0.2) is 64.4 Å². The first kappa shape index (κ1) is 27.2. The van der Waals surface area contributed by atoms with Crippen LogP contribution in [0.25, 0.3) is 0 Å². The normalized spacial score (nSPS) is 10.8. The number of hydrogen-bond donors (Lipinski definition) is 1. The topological polar surface area (TPSA) is 116 Å². The number of carbonyl (C=O) groups is 3. The second kappa shape index (κ2) is 11.6. The van der Waals surface area contributed by atoms with E-state index in [9.17, 15) is 14.4 Å². The molecule has 10 nitrogen and oxygen atoms in total. The van der Waals surface area contributed by atoms with Gasteiger partial charge >= 0.3 is 5.97 Å². The van der Waals surface area contributed by atoms with Crippen LogP contribution in [0.15, 0.2) is 23.4 Å². The van der Waals surface area contributed by atoms with E-state index in [1.807, 2.05) is 32.0 Å². The molecule has 0 saturated carbocycles. The van der Waals surface area contributed by atoms with Gasteiger partial charge in [0.2, 0.25) is 5.91 Å². The first-order chi connectivity index (χ1) is 17.0. The van der Waals surface area contributed by atoms with Gasteiger partial charge in [0.1, 0.15) is 17.4 Å². The number of thioether (sulfide) groups is 1. The van der Waals surface area contributed by atoms with Crippen LogP contribution in [0.2, 0.25) is 0 Å². The Labute approximate surface area is 218 Å². The van der Waals surface area contributed by atoms with Crippen LogP contribution in [0, 0.1) is 20.8 Å². The van der Waals surface area contributed by atoms with E-state index in [1.54, 1.807) is 32.6 Å². The molecular weight excluding hydrogens is 502 g/mol. The smallest absolute Gasteiger partial charge is 0.341 e. The van der Waals surface area contributed by atoms with E-state index in [1.165, 1.54) is 29.3 Å². The van der Waals surface area contributed by atoms with Gasteiger partial charge in [0, 0.05) is 21.1 Å². The number of nitrogens with one attached hydrogen (secondary N) is 1. The summed E-state index contributed by atoms with van der Waals surface area (Å²) in [5.74, 6) is 0.155. The highest BCUT2D eigenvalue weighted by Crippen LogP contribution is 2.34. The van der Waals surface area contributed by atoms with E-state index in [0.717, 1.165) is 22.6 Å². The highest BCUT2D eigenvalue weighted by atomic mass is 32.2. The molecule has 0 fully saturated rings. The summed E-state index contributed by atoms with van der Waals surface area (Å²) in [4.78, 5) is 39.3. The Balaban J connectivity index is 1.66. The molecule has 1 N–H and O–H groups in total. The van der Waals surface area contributed by atoms with Crippen molar-refractivity contribution in [1.82, 2.24) is 19.7 Å².